The van der Waals surface area contributed by atoms with Crippen LogP contribution in [-0.2, 0) is 12.8 Å². The van der Waals surface area contributed by atoms with Crippen LogP contribution in [0.5, 0.6) is 0 Å². The van der Waals surface area contributed by atoms with Gasteiger partial charge in [0.15, 0.2) is 0 Å². The highest BCUT2D eigenvalue weighted by Crippen LogP contribution is 2.17. The first-order chi connectivity index (χ1) is 5.25. The molecule has 2 N–H and O–H groups in total. The molecule has 0 bridgehead atoms. The Bertz CT molecular complexity index is 283. The summed E-state index contributed by atoms with van der Waals surface area (Å²) in [6.07, 6.45) is 3.75. The van der Waals surface area contributed by atoms with Gasteiger partial charge in [0.2, 0.25) is 0 Å². The Morgan fingerprint density at radius 2 is 2.36 bits per heavy atom. The van der Waals surface area contributed by atoms with Gasteiger partial charge < -0.3 is 5.73 Å². The highest BCUT2D eigenvalue weighted by Gasteiger charge is 2.19. The largest absolute Gasteiger partial charge is 0.327 e. The first kappa shape index (κ1) is 6.73. The van der Waals surface area contributed by atoms with Crippen molar-refractivity contribution < 1.29 is 0 Å². The second-order valence-corrected chi connectivity index (χ2v) is 3.06. The van der Waals surface area contributed by atoms with Gasteiger partial charge >= 0.3 is 0 Å². The van der Waals surface area contributed by atoms with Crippen molar-refractivity contribution in [2.24, 2.45) is 5.73 Å². The Kier molecular flexibility index (Phi) is 1.39. The highest BCUT2D eigenvalue weighted by molar-refractivity contribution is 5.25. The van der Waals surface area contributed by atoms with Gasteiger partial charge in [-0.25, -0.2) is 9.97 Å². The summed E-state index contributed by atoms with van der Waals surface area (Å²) in [6, 6.07) is 0.265. The lowest BCUT2D eigenvalue weighted by Crippen LogP contribution is -2.19. The van der Waals surface area contributed by atoms with Crippen LogP contribution in [0.25, 0.3) is 0 Å². The van der Waals surface area contributed by atoms with Crippen molar-refractivity contribution in [2.45, 2.75) is 25.8 Å². The van der Waals surface area contributed by atoms with E-state index in [2.05, 4.69) is 9.97 Å². The molecule has 0 saturated carbocycles. The average molecular weight is 149 g/mol. The monoisotopic (exact) mass is 149 g/mol. The number of rotatable bonds is 0. The Morgan fingerprint density at radius 1 is 1.55 bits per heavy atom. The molecule has 58 valence electrons. The van der Waals surface area contributed by atoms with Gasteiger partial charge in [-0.3, -0.25) is 0 Å². The maximum absolute atomic E-state index is 5.77. The van der Waals surface area contributed by atoms with Gasteiger partial charge in [-0.1, -0.05) is 0 Å². The van der Waals surface area contributed by atoms with Gasteiger partial charge in [-0.05, 0) is 18.9 Å². The molecule has 0 aromatic carbocycles. The molecule has 0 fully saturated rings. The van der Waals surface area contributed by atoms with Crippen molar-refractivity contribution in [3.05, 3.63) is 23.3 Å². The maximum Gasteiger partial charge on any atom is 0.125 e. The number of hydrogen-bond acceptors (Lipinski definition) is 3. The number of fused-ring (bicyclic) bond motifs is 1. The van der Waals surface area contributed by atoms with Crippen LogP contribution in [0.15, 0.2) is 6.20 Å². The molecule has 1 atom stereocenters. The molecule has 1 unspecified atom stereocenters. The van der Waals surface area contributed by atoms with E-state index in [1.807, 2.05) is 13.1 Å². The molecular formula is C8H11N3. The summed E-state index contributed by atoms with van der Waals surface area (Å²) in [6.45, 7) is 1.91. The zero-order chi connectivity index (χ0) is 7.84. The maximum atomic E-state index is 5.77. The average Bonchev–Trinajstić information content (AvgIpc) is 2.27. The van der Waals surface area contributed by atoms with Crippen LogP contribution in [0.1, 0.15) is 17.1 Å². The molecule has 3 nitrogen and oxygen atoms in total. The van der Waals surface area contributed by atoms with E-state index in [1.165, 1.54) is 5.56 Å². The normalized spacial score (nSPS) is 21.8. The van der Waals surface area contributed by atoms with Crippen LogP contribution in [0, 0.1) is 6.92 Å². The van der Waals surface area contributed by atoms with E-state index in [0.29, 0.717) is 0 Å². The second-order valence-electron chi connectivity index (χ2n) is 3.06. The van der Waals surface area contributed by atoms with Gasteiger partial charge in [0.05, 0.1) is 0 Å². The zero-order valence-electron chi connectivity index (χ0n) is 6.54. The van der Waals surface area contributed by atoms with Crippen LogP contribution in [0.2, 0.25) is 0 Å². The molecule has 0 amide bonds. The number of aromatic nitrogens is 2. The van der Waals surface area contributed by atoms with Crippen LogP contribution in [0.4, 0.5) is 0 Å². The predicted octanol–water partition coefficient (Wildman–Crippen LogP) is 0.211. The Hall–Kier alpha value is -0.960. The van der Waals surface area contributed by atoms with Crippen molar-refractivity contribution >= 4 is 0 Å². The third-order valence-electron chi connectivity index (χ3n) is 2.01. The Balaban J connectivity index is 2.43. The van der Waals surface area contributed by atoms with Crippen LogP contribution < -0.4 is 5.73 Å². The minimum absolute atomic E-state index is 0.265. The van der Waals surface area contributed by atoms with E-state index in [1.54, 1.807) is 0 Å². The topological polar surface area (TPSA) is 51.8 Å². The molecule has 2 rings (SSSR count). The lowest BCUT2D eigenvalue weighted by Gasteiger charge is -1.96. The molecule has 1 aromatic rings. The SMILES string of the molecule is Cc1ncc2c(n1)CC(N)C2. The van der Waals surface area contributed by atoms with Crippen LogP contribution in [0.3, 0.4) is 0 Å². The Morgan fingerprint density at radius 3 is 3.18 bits per heavy atom. The minimum Gasteiger partial charge on any atom is -0.327 e. The standard InChI is InChI=1S/C8H11N3/c1-5-10-4-6-2-7(9)3-8(6)11-5/h4,7H,2-3,9H2,1H3. The summed E-state index contributed by atoms with van der Waals surface area (Å²) in [7, 11) is 0. The molecule has 0 aliphatic heterocycles. The Labute approximate surface area is 65.7 Å². The molecule has 1 aliphatic rings. The molecule has 11 heavy (non-hydrogen) atoms. The second kappa shape index (κ2) is 2.27. The fourth-order valence-electron chi connectivity index (χ4n) is 1.49. The quantitative estimate of drug-likeness (QED) is 0.573. The first-order valence-corrected chi connectivity index (χ1v) is 3.82. The number of aryl methyl sites for hydroxylation is 1. The van der Waals surface area contributed by atoms with Crippen molar-refractivity contribution in [1.29, 1.82) is 0 Å². The number of nitrogens with zero attached hydrogens (tertiary/aromatic N) is 2. The van der Waals surface area contributed by atoms with Gasteiger partial charge in [0, 0.05) is 24.4 Å². The highest BCUT2D eigenvalue weighted by atomic mass is 14.9. The van der Waals surface area contributed by atoms with Gasteiger partial charge in [-0.15, -0.1) is 0 Å². The first-order valence-electron chi connectivity index (χ1n) is 3.82. The van der Waals surface area contributed by atoms with Crippen molar-refractivity contribution in [2.75, 3.05) is 0 Å². The summed E-state index contributed by atoms with van der Waals surface area (Å²) >= 11 is 0. The lowest BCUT2D eigenvalue weighted by atomic mass is 10.2. The molecule has 1 heterocycles. The third kappa shape index (κ3) is 1.12. The molecule has 3 heteroatoms. The van der Waals surface area contributed by atoms with E-state index < -0.39 is 0 Å². The molecular weight excluding hydrogens is 138 g/mol. The summed E-state index contributed by atoms with van der Waals surface area (Å²) in [4.78, 5) is 8.43. The molecule has 1 aromatic heterocycles. The van der Waals surface area contributed by atoms with E-state index in [0.717, 1.165) is 24.4 Å². The predicted molar refractivity (Wildman–Crippen MR) is 42.2 cm³/mol. The van der Waals surface area contributed by atoms with Crippen molar-refractivity contribution in [1.82, 2.24) is 9.97 Å². The summed E-state index contributed by atoms with van der Waals surface area (Å²) < 4.78 is 0. The van der Waals surface area contributed by atoms with Crippen molar-refractivity contribution in [3.63, 3.8) is 0 Å². The van der Waals surface area contributed by atoms with Gasteiger partial charge in [0.1, 0.15) is 5.82 Å². The molecule has 1 aliphatic carbocycles. The van der Waals surface area contributed by atoms with Crippen molar-refractivity contribution in [3.8, 4) is 0 Å². The van der Waals surface area contributed by atoms with E-state index in [9.17, 15) is 0 Å². The summed E-state index contributed by atoms with van der Waals surface area (Å²) in [5, 5.41) is 0. The summed E-state index contributed by atoms with van der Waals surface area (Å²) in [5.41, 5.74) is 8.14. The molecule has 0 spiro atoms. The number of hydrogen-bond donors (Lipinski definition) is 1. The zero-order valence-corrected chi connectivity index (χ0v) is 6.54. The lowest BCUT2D eigenvalue weighted by molar-refractivity contribution is 0.715. The summed E-state index contributed by atoms with van der Waals surface area (Å²) in [5.74, 6) is 0.845. The van der Waals surface area contributed by atoms with E-state index in [4.69, 9.17) is 5.73 Å². The van der Waals surface area contributed by atoms with E-state index >= 15 is 0 Å². The fourth-order valence-corrected chi connectivity index (χ4v) is 1.49. The molecule has 0 saturated heterocycles. The van der Waals surface area contributed by atoms with E-state index in [-0.39, 0.29) is 6.04 Å². The molecule has 0 radical (unpaired) electrons. The minimum atomic E-state index is 0.265. The van der Waals surface area contributed by atoms with Crippen LogP contribution in [-0.4, -0.2) is 16.0 Å². The van der Waals surface area contributed by atoms with Gasteiger partial charge in [-0.2, -0.15) is 0 Å². The fraction of sp³-hybridized carbons (Fsp3) is 0.500. The third-order valence-corrected chi connectivity index (χ3v) is 2.01. The van der Waals surface area contributed by atoms with Crippen LogP contribution >= 0.6 is 0 Å². The smallest absolute Gasteiger partial charge is 0.125 e. The van der Waals surface area contributed by atoms with Gasteiger partial charge in [0.25, 0.3) is 0 Å². The number of nitrogens with two attached hydrogens (primary N) is 1.